The van der Waals surface area contributed by atoms with E-state index in [1.165, 1.54) is 15.8 Å². The van der Waals surface area contributed by atoms with Crippen LogP contribution in [0.3, 0.4) is 0 Å². The molecule has 0 N–H and O–H groups in total. The topological polar surface area (TPSA) is 61.2 Å². The van der Waals surface area contributed by atoms with Crippen molar-refractivity contribution in [2.75, 3.05) is 6.61 Å². The average Bonchev–Trinajstić information content (AvgIpc) is 2.90. The number of carbonyl (C=O) groups is 1. The molecule has 2 heterocycles. The van der Waals surface area contributed by atoms with E-state index in [0.717, 1.165) is 36.1 Å². The lowest BCUT2D eigenvalue weighted by Gasteiger charge is -2.18. The molecular formula is C17H22N2O3S. The highest BCUT2D eigenvalue weighted by Gasteiger charge is 2.25. The maximum absolute atomic E-state index is 12.9. The van der Waals surface area contributed by atoms with Gasteiger partial charge in [-0.05, 0) is 44.1 Å². The molecule has 0 unspecified atom stereocenters. The third kappa shape index (κ3) is 2.92. The zero-order valence-corrected chi connectivity index (χ0v) is 14.6. The first-order chi connectivity index (χ1) is 11.0. The largest absolute Gasteiger partial charge is 0.464 e. The molecule has 3 rings (SSSR count). The minimum absolute atomic E-state index is 0.122. The molecule has 0 radical (unpaired) electrons. The Hall–Kier alpha value is -1.69. The summed E-state index contributed by atoms with van der Waals surface area (Å²) in [5.74, 6) is 0.272. The first-order valence-corrected chi connectivity index (χ1v) is 9.02. The summed E-state index contributed by atoms with van der Waals surface area (Å²) in [5.41, 5.74) is 1.02. The van der Waals surface area contributed by atoms with Gasteiger partial charge in [-0.2, -0.15) is 0 Å². The Balaban J connectivity index is 2.02. The molecule has 1 aliphatic carbocycles. The van der Waals surface area contributed by atoms with Crippen LogP contribution in [0.2, 0.25) is 0 Å². The molecule has 0 spiro atoms. The van der Waals surface area contributed by atoms with Crippen molar-refractivity contribution in [3.8, 4) is 0 Å². The normalized spacial score (nSPS) is 18.7. The van der Waals surface area contributed by atoms with Gasteiger partial charge in [0, 0.05) is 4.88 Å². The van der Waals surface area contributed by atoms with Gasteiger partial charge in [-0.15, -0.1) is 11.3 Å². The minimum Gasteiger partial charge on any atom is -0.464 e. The summed E-state index contributed by atoms with van der Waals surface area (Å²) < 4.78 is 6.57. The van der Waals surface area contributed by atoms with Gasteiger partial charge in [0.15, 0.2) is 0 Å². The smallest absolute Gasteiger partial charge is 0.328 e. The summed E-state index contributed by atoms with van der Waals surface area (Å²) in [6.45, 7) is 6.24. The van der Waals surface area contributed by atoms with Gasteiger partial charge in [0.05, 0.1) is 18.3 Å². The molecule has 1 aliphatic rings. The van der Waals surface area contributed by atoms with Gasteiger partial charge < -0.3 is 4.74 Å². The van der Waals surface area contributed by atoms with Crippen molar-refractivity contribution in [1.29, 1.82) is 0 Å². The third-order valence-electron chi connectivity index (χ3n) is 4.45. The molecule has 6 heteroatoms. The molecule has 2 atom stereocenters. The summed E-state index contributed by atoms with van der Waals surface area (Å²) in [7, 11) is 0. The number of thiophene rings is 1. The first-order valence-electron chi connectivity index (χ1n) is 8.21. The lowest BCUT2D eigenvalue weighted by Crippen LogP contribution is -2.30. The molecular weight excluding hydrogens is 312 g/mol. The van der Waals surface area contributed by atoms with Crippen LogP contribution in [0.5, 0.6) is 0 Å². The SMILES string of the molecule is CCCOC(=O)[C@@H](C)n1cnc2sc3c(c2c1=O)CC[C@H](C)C3. The van der Waals surface area contributed by atoms with Gasteiger partial charge in [0.25, 0.3) is 5.56 Å². The second kappa shape index (κ2) is 6.43. The van der Waals surface area contributed by atoms with Crippen LogP contribution in [0, 0.1) is 5.92 Å². The predicted octanol–water partition coefficient (Wildman–Crippen LogP) is 3.10. The highest BCUT2D eigenvalue weighted by Crippen LogP contribution is 2.35. The van der Waals surface area contributed by atoms with E-state index in [1.807, 2.05) is 6.92 Å². The summed E-state index contributed by atoms with van der Waals surface area (Å²) in [5, 5.41) is 0.703. The van der Waals surface area contributed by atoms with Crippen molar-refractivity contribution < 1.29 is 9.53 Å². The third-order valence-corrected chi connectivity index (χ3v) is 5.61. The second-order valence-corrected chi connectivity index (χ2v) is 7.42. The first kappa shape index (κ1) is 16.2. The Labute approximate surface area is 139 Å². The summed E-state index contributed by atoms with van der Waals surface area (Å²) in [6.07, 6.45) is 5.28. The number of hydrogen-bond donors (Lipinski definition) is 0. The zero-order chi connectivity index (χ0) is 16.6. The standard InChI is InChI=1S/C17H22N2O3S/c1-4-7-22-17(21)11(3)19-9-18-15-14(16(19)20)12-6-5-10(2)8-13(12)23-15/h9-11H,4-8H2,1-3H3/t10-,11+/m0/s1. The molecule has 2 aromatic heterocycles. The van der Waals surface area contributed by atoms with Crippen LogP contribution in [0.1, 0.15) is 50.1 Å². The zero-order valence-electron chi connectivity index (χ0n) is 13.8. The molecule has 0 aliphatic heterocycles. The Kier molecular flexibility index (Phi) is 4.53. The van der Waals surface area contributed by atoms with Crippen LogP contribution >= 0.6 is 11.3 Å². The quantitative estimate of drug-likeness (QED) is 0.806. The highest BCUT2D eigenvalue weighted by molar-refractivity contribution is 7.18. The number of fused-ring (bicyclic) bond motifs is 3. The predicted molar refractivity (Wildman–Crippen MR) is 91.0 cm³/mol. The number of esters is 1. The van der Waals surface area contributed by atoms with Gasteiger partial charge >= 0.3 is 5.97 Å². The molecule has 0 bridgehead atoms. The van der Waals surface area contributed by atoms with Gasteiger partial charge in [-0.3, -0.25) is 9.36 Å². The Morgan fingerprint density at radius 2 is 2.35 bits per heavy atom. The van der Waals surface area contributed by atoms with Crippen molar-refractivity contribution in [1.82, 2.24) is 9.55 Å². The van der Waals surface area contributed by atoms with Crippen LogP contribution in [-0.2, 0) is 22.4 Å². The van der Waals surface area contributed by atoms with Crippen molar-refractivity contribution in [2.24, 2.45) is 5.92 Å². The summed E-state index contributed by atoms with van der Waals surface area (Å²) in [4.78, 5) is 31.4. The molecule has 0 fully saturated rings. The van der Waals surface area contributed by atoms with E-state index in [0.29, 0.717) is 17.9 Å². The average molecular weight is 334 g/mol. The van der Waals surface area contributed by atoms with Crippen LogP contribution < -0.4 is 5.56 Å². The lowest BCUT2D eigenvalue weighted by atomic mass is 9.89. The van der Waals surface area contributed by atoms with Crippen molar-refractivity contribution >= 4 is 27.5 Å². The van der Waals surface area contributed by atoms with Crippen molar-refractivity contribution in [3.05, 3.63) is 27.1 Å². The van der Waals surface area contributed by atoms with E-state index in [-0.39, 0.29) is 11.5 Å². The molecule has 5 nitrogen and oxygen atoms in total. The number of rotatable bonds is 4. The van der Waals surface area contributed by atoms with Gasteiger partial charge in [-0.25, -0.2) is 9.78 Å². The number of nitrogens with zero attached hydrogens (tertiary/aromatic N) is 2. The van der Waals surface area contributed by atoms with Gasteiger partial charge in [0.1, 0.15) is 10.9 Å². The second-order valence-electron chi connectivity index (χ2n) is 6.33. The van der Waals surface area contributed by atoms with Gasteiger partial charge in [0.2, 0.25) is 0 Å². The van der Waals surface area contributed by atoms with E-state index in [2.05, 4.69) is 11.9 Å². The Morgan fingerprint density at radius 1 is 1.57 bits per heavy atom. The van der Waals surface area contributed by atoms with Crippen LogP contribution in [0.15, 0.2) is 11.1 Å². The molecule has 0 saturated carbocycles. The number of aryl methyl sites for hydroxylation is 1. The summed E-state index contributed by atoms with van der Waals surface area (Å²) in [6, 6.07) is -0.649. The maximum Gasteiger partial charge on any atom is 0.328 e. The van der Waals surface area contributed by atoms with Gasteiger partial charge in [-0.1, -0.05) is 13.8 Å². The van der Waals surface area contributed by atoms with E-state index in [9.17, 15) is 9.59 Å². The molecule has 124 valence electrons. The fourth-order valence-electron chi connectivity index (χ4n) is 3.06. The molecule has 23 heavy (non-hydrogen) atoms. The fourth-order valence-corrected chi connectivity index (χ4v) is 4.40. The highest BCUT2D eigenvalue weighted by atomic mass is 32.1. The molecule has 0 aromatic carbocycles. The van der Waals surface area contributed by atoms with E-state index >= 15 is 0 Å². The Morgan fingerprint density at radius 3 is 3.09 bits per heavy atom. The Bertz CT molecular complexity index is 793. The lowest BCUT2D eigenvalue weighted by molar-refractivity contribution is -0.147. The number of ether oxygens (including phenoxy) is 1. The molecule has 0 amide bonds. The van der Waals surface area contributed by atoms with E-state index in [1.54, 1.807) is 18.3 Å². The van der Waals surface area contributed by atoms with Crippen LogP contribution in [0.4, 0.5) is 0 Å². The van der Waals surface area contributed by atoms with E-state index < -0.39 is 6.04 Å². The van der Waals surface area contributed by atoms with E-state index in [4.69, 9.17) is 4.74 Å². The fraction of sp³-hybridized carbons (Fsp3) is 0.588. The van der Waals surface area contributed by atoms with Crippen LogP contribution in [-0.4, -0.2) is 22.1 Å². The van der Waals surface area contributed by atoms with Crippen molar-refractivity contribution in [2.45, 2.75) is 52.5 Å². The molecule has 2 aromatic rings. The minimum atomic E-state index is -0.649. The number of aromatic nitrogens is 2. The van der Waals surface area contributed by atoms with Crippen molar-refractivity contribution in [3.63, 3.8) is 0 Å². The number of hydrogen-bond acceptors (Lipinski definition) is 5. The summed E-state index contributed by atoms with van der Waals surface area (Å²) >= 11 is 1.62. The number of carbonyl (C=O) groups excluding carboxylic acids is 1. The monoisotopic (exact) mass is 334 g/mol. The van der Waals surface area contributed by atoms with Crippen LogP contribution in [0.25, 0.3) is 10.2 Å². The maximum atomic E-state index is 12.9. The molecule has 0 saturated heterocycles.